The van der Waals surface area contributed by atoms with Gasteiger partial charge in [0.2, 0.25) is 5.76 Å². The molecule has 0 saturated heterocycles. The van der Waals surface area contributed by atoms with E-state index in [-0.39, 0.29) is 35.7 Å². The van der Waals surface area contributed by atoms with E-state index in [1.807, 2.05) is 19.9 Å². The first-order valence-electron chi connectivity index (χ1n) is 8.71. The third kappa shape index (κ3) is 2.61. The molecule has 2 heterocycles. The van der Waals surface area contributed by atoms with Crippen LogP contribution in [-0.4, -0.2) is 34.2 Å². The van der Waals surface area contributed by atoms with E-state index < -0.39 is 11.9 Å². The molecule has 4 rings (SSSR count). The number of β-amino-alcohol motifs (C(OH)–C–C–N with tert-alkyl or cyclic N) is 1. The molecule has 138 valence electrons. The van der Waals surface area contributed by atoms with Crippen molar-refractivity contribution in [3.63, 3.8) is 0 Å². The Morgan fingerprint density at radius 3 is 2.63 bits per heavy atom. The SMILES string of the molecule is Cc1cc(C)c2c(=O)c3c(oc2c1)C(=O)N(CCO)[C@@H]3c1cccc(O)c1. The smallest absolute Gasteiger partial charge is 0.290 e. The predicted molar refractivity (Wildman–Crippen MR) is 100 cm³/mol. The lowest BCUT2D eigenvalue weighted by Gasteiger charge is -2.24. The lowest BCUT2D eigenvalue weighted by molar-refractivity contribution is 0.0691. The second kappa shape index (κ2) is 6.25. The van der Waals surface area contributed by atoms with Crippen molar-refractivity contribution in [2.24, 2.45) is 0 Å². The second-order valence-electron chi connectivity index (χ2n) is 6.85. The molecule has 1 aliphatic rings. The van der Waals surface area contributed by atoms with Crippen molar-refractivity contribution in [2.75, 3.05) is 13.2 Å². The molecule has 3 aromatic rings. The summed E-state index contributed by atoms with van der Waals surface area (Å²) in [5.74, 6) is -0.404. The number of carbonyl (C=O) groups is 1. The number of hydrogen-bond donors (Lipinski definition) is 2. The number of rotatable bonds is 3. The summed E-state index contributed by atoms with van der Waals surface area (Å²) in [7, 11) is 0. The lowest BCUT2D eigenvalue weighted by atomic mass is 9.97. The largest absolute Gasteiger partial charge is 0.508 e. The highest BCUT2D eigenvalue weighted by Crippen LogP contribution is 2.39. The first-order valence-corrected chi connectivity index (χ1v) is 8.71. The van der Waals surface area contributed by atoms with Gasteiger partial charge in [-0.15, -0.1) is 0 Å². The molecule has 2 aromatic carbocycles. The fourth-order valence-corrected chi connectivity index (χ4v) is 3.89. The van der Waals surface area contributed by atoms with Gasteiger partial charge in [0.15, 0.2) is 5.43 Å². The number of hydrogen-bond acceptors (Lipinski definition) is 5. The summed E-state index contributed by atoms with van der Waals surface area (Å²) in [6.45, 7) is 3.54. The zero-order valence-corrected chi connectivity index (χ0v) is 15.0. The summed E-state index contributed by atoms with van der Waals surface area (Å²) < 4.78 is 5.88. The van der Waals surface area contributed by atoms with Crippen molar-refractivity contribution < 1.29 is 19.4 Å². The van der Waals surface area contributed by atoms with E-state index in [1.54, 1.807) is 18.2 Å². The summed E-state index contributed by atoms with van der Waals surface area (Å²) in [5.41, 5.74) is 2.68. The number of aliphatic hydroxyl groups excluding tert-OH is 1. The summed E-state index contributed by atoms with van der Waals surface area (Å²) in [6.07, 6.45) is 0. The van der Waals surface area contributed by atoms with Crippen molar-refractivity contribution in [3.05, 3.63) is 74.6 Å². The van der Waals surface area contributed by atoms with E-state index in [2.05, 4.69) is 0 Å². The molecule has 1 aromatic heterocycles. The Balaban J connectivity index is 2.06. The van der Waals surface area contributed by atoms with Crippen LogP contribution in [-0.2, 0) is 0 Å². The monoisotopic (exact) mass is 365 g/mol. The number of aryl methyl sites for hydroxylation is 2. The minimum absolute atomic E-state index is 0.000655. The zero-order valence-electron chi connectivity index (χ0n) is 15.0. The molecular formula is C21H19NO5. The van der Waals surface area contributed by atoms with E-state index in [0.717, 1.165) is 11.1 Å². The van der Waals surface area contributed by atoms with Crippen molar-refractivity contribution in [2.45, 2.75) is 19.9 Å². The van der Waals surface area contributed by atoms with Crippen LogP contribution in [0.25, 0.3) is 11.0 Å². The number of amides is 1. The quantitative estimate of drug-likeness (QED) is 0.745. The topological polar surface area (TPSA) is 91.0 Å². The Morgan fingerprint density at radius 1 is 1.15 bits per heavy atom. The number of aromatic hydroxyl groups is 1. The minimum Gasteiger partial charge on any atom is -0.508 e. The molecule has 0 aliphatic carbocycles. The van der Waals surface area contributed by atoms with Crippen LogP contribution in [0.3, 0.4) is 0 Å². The number of aliphatic hydroxyl groups is 1. The number of benzene rings is 2. The van der Waals surface area contributed by atoms with Crippen LogP contribution < -0.4 is 5.43 Å². The van der Waals surface area contributed by atoms with Gasteiger partial charge in [0.1, 0.15) is 11.3 Å². The first-order chi connectivity index (χ1) is 12.9. The molecule has 0 spiro atoms. The van der Waals surface area contributed by atoms with E-state index in [0.29, 0.717) is 16.5 Å². The number of carbonyl (C=O) groups excluding carboxylic acids is 1. The molecule has 6 heteroatoms. The Labute approximate surface area is 155 Å². The van der Waals surface area contributed by atoms with Gasteiger partial charge in [0, 0.05) is 6.54 Å². The third-order valence-corrected chi connectivity index (χ3v) is 4.94. The number of phenolic OH excluding ortho intramolecular Hbond substituents is 1. The van der Waals surface area contributed by atoms with Crippen LogP contribution in [0.2, 0.25) is 0 Å². The highest BCUT2D eigenvalue weighted by Gasteiger charge is 2.42. The van der Waals surface area contributed by atoms with E-state index in [4.69, 9.17) is 4.42 Å². The van der Waals surface area contributed by atoms with Gasteiger partial charge in [-0.25, -0.2) is 0 Å². The molecule has 2 N–H and O–H groups in total. The van der Waals surface area contributed by atoms with Crippen LogP contribution >= 0.6 is 0 Å². The summed E-state index contributed by atoms with van der Waals surface area (Å²) in [6, 6.07) is 9.36. The molecule has 1 aliphatic heterocycles. The number of nitrogens with zero attached hydrogens (tertiary/aromatic N) is 1. The number of phenols is 1. The molecule has 0 unspecified atom stereocenters. The maximum Gasteiger partial charge on any atom is 0.290 e. The average Bonchev–Trinajstić information content (AvgIpc) is 2.88. The van der Waals surface area contributed by atoms with Crippen molar-refractivity contribution >= 4 is 16.9 Å². The van der Waals surface area contributed by atoms with Crippen LogP contribution in [0.5, 0.6) is 5.75 Å². The average molecular weight is 365 g/mol. The molecule has 0 fully saturated rings. The van der Waals surface area contributed by atoms with Crippen LogP contribution in [0.15, 0.2) is 45.6 Å². The highest BCUT2D eigenvalue weighted by molar-refractivity contribution is 5.99. The minimum atomic E-state index is -0.715. The fraction of sp³-hybridized carbons (Fsp3) is 0.238. The Kier molecular flexibility index (Phi) is 4.00. The zero-order chi connectivity index (χ0) is 19.3. The summed E-state index contributed by atoms with van der Waals surface area (Å²) in [4.78, 5) is 27.7. The predicted octanol–water partition coefficient (Wildman–Crippen LogP) is 2.65. The normalized spacial score (nSPS) is 16.2. The van der Waals surface area contributed by atoms with Gasteiger partial charge >= 0.3 is 0 Å². The summed E-state index contributed by atoms with van der Waals surface area (Å²) >= 11 is 0. The molecule has 1 amide bonds. The first kappa shape index (κ1) is 17.3. The van der Waals surface area contributed by atoms with Crippen LogP contribution in [0.1, 0.15) is 38.9 Å². The molecular weight excluding hydrogens is 346 g/mol. The van der Waals surface area contributed by atoms with Crippen molar-refractivity contribution in [1.82, 2.24) is 4.90 Å². The van der Waals surface area contributed by atoms with Crippen molar-refractivity contribution in [1.29, 1.82) is 0 Å². The van der Waals surface area contributed by atoms with E-state index in [1.165, 1.54) is 17.0 Å². The molecule has 27 heavy (non-hydrogen) atoms. The number of fused-ring (bicyclic) bond motifs is 2. The van der Waals surface area contributed by atoms with Crippen LogP contribution in [0.4, 0.5) is 0 Å². The van der Waals surface area contributed by atoms with Gasteiger partial charge in [-0.1, -0.05) is 18.2 Å². The van der Waals surface area contributed by atoms with Crippen molar-refractivity contribution in [3.8, 4) is 5.75 Å². The summed E-state index contributed by atoms with van der Waals surface area (Å²) in [5, 5.41) is 19.7. The van der Waals surface area contributed by atoms with Gasteiger partial charge in [0.05, 0.1) is 23.6 Å². The second-order valence-corrected chi connectivity index (χ2v) is 6.85. The molecule has 0 radical (unpaired) electrons. The molecule has 0 saturated carbocycles. The maximum atomic E-state index is 13.4. The Hall–Kier alpha value is -3.12. The lowest BCUT2D eigenvalue weighted by Crippen LogP contribution is -2.32. The fourth-order valence-electron chi connectivity index (χ4n) is 3.89. The molecule has 6 nitrogen and oxygen atoms in total. The highest BCUT2D eigenvalue weighted by atomic mass is 16.3. The Bertz CT molecular complexity index is 1130. The van der Waals surface area contributed by atoms with Gasteiger partial charge in [-0.2, -0.15) is 0 Å². The standard InChI is InChI=1S/C21H19NO5/c1-11-8-12(2)16-15(9-11)27-20-17(19(16)25)18(22(6-7-23)21(20)26)13-4-3-5-14(24)10-13/h3-5,8-10,18,23-24H,6-7H2,1-2H3/t18-/m1/s1. The molecule has 0 bridgehead atoms. The third-order valence-electron chi connectivity index (χ3n) is 4.94. The Morgan fingerprint density at radius 2 is 1.93 bits per heavy atom. The van der Waals surface area contributed by atoms with Gasteiger partial charge < -0.3 is 19.5 Å². The van der Waals surface area contributed by atoms with Gasteiger partial charge in [-0.3, -0.25) is 9.59 Å². The van der Waals surface area contributed by atoms with Crippen LogP contribution in [0, 0.1) is 13.8 Å². The molecule has 1 atom stereocenters. The maximum absolute atomic E-state index is 13.4. The van der Waals surface area contributed by atoms with Gasteiger partial charge in [-0.05, 0) is 48.7 Å². The van der Waals surface area contributed by atoms with E-state index in [9.17, 15) is 19.8 Å². The van der Waals surface area contributed by atoms with Gasteiger partial charge in [0.25, 0.3) is 5.91 Å². The van der Waals surface area contributed by atoms with E-state index >= 15 is 0 Å².